The summed E-state index contributed by atoms with van der Waals surface area (Å²) < 4.78 is 5.33. The molecule has 0 aromatic carbocycles. The average Bonchev–Trinajstić information content (AvgIpc) is 2.75. The number of likely N-dealkylation sites (N-methyl/N-ethyl adjacent to an activating group) is 1. The number of nitrogens with one attached hydrogen (secondary N) is 1. The molecular weight excluding hydrogens is 222 g/mol. The van der Waals surface area contributed by atoms with Crippen LogP contribution in [-0.4, -0.2) is 30.2 Å². The van der Waals surface area contributed by atoms with Crippen molar-refractivity contribution in [1.29, 1.82) is 0 Å². The van der Waals surface area contributed by atoms with Crippen LogP contribution in [0.1, 0.15) is 24.0 Å². The van der Waals surface area contributed by atoms with Gasteiger partial charge in [0.1, 0.15) is 5.82 Å². The van der Waals surface area contributed by atoms with E-state index in [0.29, 0.717) is 6.04 Å². The SMILES string of the molecule is CNC(C)Cc1nc2c(c(OC)n1)CSC2. The Labute approximate surface area is 100 Å². The van der Waals surface area contributed by atoms with Gasteiger partial charge in [-0.15, -0.1) is 0 Å². The van der Waals surface area contributed by atoms with Gasteiger partial charge >= 0.3 is 0 Å². The summed E-state index contributed by atoms with van der Waals surface area (Å²) in [6.07, 6.45) is 0.838. The van der Waals surface area contributed by atoms with E-state index in [1.54, 1.807) is 7.11 Å². The van der Waals surface area contributed by atoms with E-state index in [1.165, 1.54) is 5.56 Å². The molecule has 88 valence electrons. The quantitative estimate of drug-likeness (QED) is 0.860. The highest BCUT2D eigenvalue weighted by molar-refractivity contribution is 7.98. The van der Waals surface area contributed by atoms with Gasteiger partial charge in [0.25, 0.3) is 0 Å². The van der Waals surface area contributed by atoms with Crippen molar-refractivity contribution in [3.63, 3.8) is 0 Å². The van der Waals surface area contributed by atoms with E-state index in [2.05, 4.69) is 22.2 Å². The molecule has 1 aromatic heterocycles. The summed E-state index contributed by atoms with van der Waals surface area (Å²) in [5.41, 5.74) is 2.32. The van der Waals surface area contributed by atoms with Crippen LogP contribution in [0.4, 0.5) is 0 Å². The fourth-order valence-corrected chi connectivity index (χ4v) is 2.74. The average molecular weight is 239 g/mol. The van der Waals surface area contributed by atoms with E-state index >= 15 is 0 Å². The number of aromatic nitrogens is 2. The molecule has 0 saturated heterocycles. The summed E-state index contributed by atoms with van der Waals surface area (Å²) in [7, 11) is 3.63. The number of fused-ring (bicyclic) bond motifs is 1. The van der Waals surface area contributed by atoms with Crippen LogP contribution < -0.4 is 10.1 Å². The van der Waals surface area contributed by atoms with Crippen molar-refractivity contribution >= 4 is 11.8 Å². The second kappa shape index (κ2) is 5.01. The summed E-state index contributed by atoms with van der Waals surface area (Å²) in [6.45, 7) is 2.12. The van der Waals surface area contributed by atoms with Gasteiger partial charge in [-0.1, -0.05) is 0 Å². The van der Waals surface area contributed by atoms with Crippen LogP contribution in [0.25, 0.3) is 0 Å². The zero-order chi connectivity index (χ0) is 11.5. The monoisotopic (exact) mass is 239 g/mol. The lowest BCUT2D eigenvalue weighted by Gasteiger charge is -2.11. The first-order valence-corrected chi connectivity index (χ1v) is 6.57. The van der Waals surface area contributed by atoms with E-state index in [0.717, 1.165) is 35.3 Å². The van der Waals surface area contributed by atoms with Crippen LogP contribution in [-0.2, 0) is 17.9 Å². The number of nitrogens with zero attached hydrogens (tertiary/aromatic N) is 2. The van der Waals surface area contributed by atoms with Crippen LogP contribution >= 0.6 is 11.8 Å². The van der Waals surface area contributed by atoms with E-state index in [-0.39, 0.29) is 0 Å². The molecule has 5 heteroatoms. The molecule has 1 aromatic rings. The van der Waals surface area contributed by atoms with Crippen molar-refractivity contribution in [1.82, 2.24) is 15.3 Å². The first-order valence-electron chi connectivity index (χ1n) is 5.42. The Balaban J connectivity index is 2.27. The molecular formula is C11H17N3OS. The molecule has 16 heavy (non-hydrogen) atoms. The van der Waals surface area contributed by atoms with Gasteiger partial charge in [0.2, 0.25) is 5.88 Å². The summed E-state index contributed by atoms with van der Waals surface area (Å²) in [6, 6.07) is 0.386. The number of ether oxygens (including phenoxy) is 1. The molecule has 1 unspecified atom stereocenters. The third kappa shape index (κ3) is 2.30. The van der Waals surface area contributed by atoms with Crippen molar-refractivity contribution in [3.05, 3.63) is 17.1 Å². The highest BCUT2D eigenvalue weighted by Crippen LogP contribution is 2.33. The maximum Gasteiger partial charge on any atom is 0.220 e. The Hall–Kier alpha value is -0.810. The minimum atomic E-state index is 0.386. The zero-order valence-electron chi connectivity index (χ0n) is 9.91. The number of hydrogen-bond donors (Lipinski definition) is 1. The molecule has 2 rings (SSSR count). The van der Waals surface area contributed by atoms with Crippen molar-refractivity contribution in [2.24, 2.45) is 0 Å². The largest absolute Gasteiger partial charge is 0.481 e. The Morgan fingerprint density at radius 2 is 2.25 bits per heavy atom. The smallest absolute Gasteiger partial charge is 0.220 e. The van der Waals surface area contributed by atoms with E-state index < -0.39 is 0 Å². The lowest BCUT2D eigenvalue weighted by molar-refractivity contribution is 0.389. The maximum atomic E-state index is 5.33. The summed E-state index contributed by atoms with van der Waals surface area (Å²) in [5, 5.41) is 3.19. The first kappa shape index (κ1) is 11.7. The molecule has 2 heterocycles. The van der Waals surface area contributed by atoms with Gasteiger partial charge in [-0.3, -0.25) is 0 Å². The standard InChI is InChI=1S/C11H17N3OS/c1-7(12-2)4-10-13-9-6-16-5-8(9)11(14-10)15-3/h7,12H,4-6H2,1-3H3. The van der Waals surface area contributed by atoms with Gasteiger partial charge in [-0.05, 0) is 14.0 Å². The van der Waals surface area contributed by atoms with Gasteiger partial charge in [-0.2, -0.15) is 16.7 Å². The van der Waals surface area contributed by atoms with Crippen molar-refractivity contribution in [2.75, 3.05) is 14.2 Å². The lowest BCUT2D eigenvalue weighted by Crippen LogP contribution is -2.25. The second-order valence-corrected chi connectivity index (χ2v) is 4.95. The molecule has 0 aliphatic carbocycles. The van der Waals surface area contributed by atoms with Crippen LogP contribution in [0.2, 0.25) is 0 Å². The van der Waals surface area contributed by atoms with Gasteiger partial charge in [-0.25, -0.2) is 4.98 Å². The molecule has 0 saturated carbocycles. The Bertz CT molecular complexity index is 384. The topological polar surface area (TPSA) is 47.0 Å². The molecule has 1 N–H and O–H groups in total. The number of rotatable bonds is 4. The molecule has 0 bridgehead atoms. The van der Waals surface area contributed by atoms with Gasteiger partial charge < -0.3 is 10.1 Å². The predicted octanol–water partition coefficient (Wildman–Crippen LogP) is 1.38. The highest BCUT2D eigenvalue weighted by Gasteiger charge is 2.20. The van der Waals surface area contributed by atoms with Crippen LogP contribution in [0.5, 0.6) is 5.88 Å². The number of methoxy groups -OCH3 is 1. The number of thioether (sulfide) groups is 1. The van der Waals surface area contributed by atoms with Crippen LogP contribution in [0.15, 0.2) is 0 Å². The molecule has 0 amide bonds. The fourth-order valence-electron chi connectivity index (χ4n) is 1.71. The Kier molecular flexibility index (Phi) is 3.66. The third-order valence-electron chi connectivity index (χ3n) is 2.76. The predicted molar refractivity (Wildman–Crippen MR) is 65.8 cm³/mol. The first-order chi connectivity index (χ1) is 7.74. The maximum absolute atomic E-state index is 5.33. The van der Waals surface area contributed by atoms with E-state index in [1.807, 2.05) is 18.8 Å². The van der Waals surface area contributed by atoms with Crippen molar-refractivity contribution in [2.45, 2.75) is 30.9 Å². The van der Waals surface area contributed by atoms with E-state index in [4.69, 9.17) is 4.74 Å². The Morgan fingerprint density at radius 1 is 1.44 bits per heavy atom. The molecule has 0 fully saturated rings. The number of hydrogen-bond acceptors (Lipinski definition) is 5. The van der Waals surface area contributed by atoms with Crippen molar-refractivity contribution in [3.8, 4) is 5.88 Å². The minimum absolute atomic E-state index is 0.386. The van der Waals surface area contributed by atoms with Gasteiger partial charge in [0, 0.05) is 29.5 Å². The van der Waals surface area contributed by atoms with Gasteiger partial charge in [0.05, 0.1) is 12.8 Å². The molecule has 0 spiro atoms. The third-order valence-corrected chi connectivity index (χ3v) is 3.73. The molecule has 1 atom stereocenters. The second-order valence-electron chi connectivity index (χ2n) is 3.96. The highest BCUT2D eigenvalue weighted by atomic mass is 32.2. The van der Waals surface area contributed by atoms with Crippen LogP contribution in [0.3, 0.4) is 0 Å². The van der Waals surface area contributed by atoms with Gasteiger partial charge in [0.15, 0.2) is 0 Å². The van der Waals surface area contributed by atoms with Crippen molar-refractivity contribution < 1.29 is 4.74 Å². The Morgan fingerprint density at radius 3 is 2.94 bits per heavy atom. The summed E-state index contributed by atoms with van der Waals surface area (Å²) >= 11 is 1.87. The lowest BCUT2D eigenvalue weighted by atomic mass is 10.2. The molecule has 1 aliphatic rings. The molecule has 0 radical (unpaired) electrons. The normalized spacial score (nSPS) is 15.9. The molecule has 4 nitrogen and oxygen atoms in total. The summed E-state index contributed by atoms with van der Waals surface area (Å²) in [4.78, 5) is 9.06. The minimum Gasteiger partial charge on any atom is -0.481 e. The van der Waals surface area contributed by atoms with Crippen LogP contribution in [0, 0.1) is 0 Å². The molecule has 1 aliphatic heterocycles. The zero-order valence-corrected chi connectivity index (χ0v) is 10.7. The summed E-state index contributed by atoms with van der Waals surface area (Å²) in [5.74, 6) is 3.59. The van der Waals surface area contributed by atoms with E-state index in [9.17, 15) is 0 Å². The fraction of sp³-hybridized carbons (Fsp3) is 0.636.